The van der Waals surface area contributed by atoms with Gasteiger partial charge in [0.1, 0.15) is 18.5 Å². The smallest absolute Gasteiger partial charge is 0.401 e. The molecule has 2 unspecified atom stereocenters. The second-order valence-corrected chi connectivity index (χ2v) is 16.3. The normalized spacial score (nSPS) is 19.4. The lowest BCUT2D eigenvalue weighted by Gasteiger charge is -2.38. The number of nitrogens with zero attached hydrogens (tertiary/aromatic N) is 1. The molecule has 3 N–H and O–H groups in total. The molecule has 2 saturated heterocycles. The maximum absolute atomic E-state index is 13.6. The Hall–Kier alpha value is -3.05. The first-order valence-electron chi connectivity index (χ1n) is 15.6. The number of alkyl halides is 3. The van der Waals surface area contributed by atoms with E-state index in [9.17, 15) is 35.1 Å². The quantitative estimate of drug-likeness (QED) is 0.243. The number of benzene rings is 3. The van der Waals surface area contributed by atoms with Crippen molar-refractivity contribution in [2.45, 2.75) is 59.5 Å². The number of aliphatic hydroxyl groups is 1. The van der Waals surface area contributed by atoms with Crippen LogP contribution in [-0.2, 0) is 31.1 Å². The molecule has 48 heavy (non-hydrogen) atoms. The number of hydrogen-bond acceptors (Lipinski definition) is 9. The van der Waals surface area contributed by atoms with E-state index < -0.39 is 44.3 Å². The standard InChI is InChI=1S/C33H40F3N3O7S2/c1-47(41,42)30-6-3-5-29(17-30)45-22-28(40)20-38-27-18-32(46-21-27)12-14-39(15-13-32)48(43,44)31-7-2-4-26(16-31)25-10-8-24(9-11-25)19-37-23-33(34,35)36/h2-11,16-17,27-28,37-38,40H,12-15,18-23H2,1H3. The predicted octanol–water partition coefficient (Wildman–Crippen LogP) is 3.75. The van der Waals surface area contributed by atoms with E-state index in [-0.39, 0.29) is 35.5 Å². The molecule has 0 saturated carbocycles. The fraction of sp³-hybridized carbons (Fsp3) is 0.455. The average molecular weight is 712 g/mol. The fourth-order valence-corrected chi connectivity index (χ4v) is 8.10. The third-order valence-electron chi connectivity index (χ3n) is 8.57. The van der Waals surface area contributed by atoms with Gasteiger partial charge in [-0.15, -0.1) is 0 Å². The van der Waals surface area contributed by atoms with Crippen molar-refractivity contribution in [1.29, 1.82) is 0 Å². The van der Waals surface area contributed by atoms with Crippen molar-refractivity contribution < 1.29 is 44.6 Å². The van der Waals surface area contributed by atoms with Crippen molar-refractivity contribution in [2.24, 2.45) is 0 Å². The summed E-state index contributed by atoms with van der Waals surface area (Å²) in [4.78, 5) is 0.302. The molecule has 2 aliphatic heterocycles. The molecule has 3 aromatic rings. The van der Waals surface area contributed by atoms with E-state index >= 15 is 0 Å². The third-order valence-corrected chi connectivity index (χ3v) is 11.6. The highest BCUT2D eigenvalue weighted by atomic mass is 32.2. The number of sulfone groups is 1. The Morgan fingerprint density at radius 3 is 2.35 bits per heavy atom. The number of piperidine rings is 1. The van der Waals surface area contributed by atoms with Gasteiger partial charge in [0.15, 0.2) is 9.84 Å². The molecule has 2 heterocycles. The van der Waals surface area contributed by atoms with E-state index in [0.29, 0.717) is 55.8 Å². The van der Waals surface area contributed by atoms with Crippen molar-refractivity contribution in [3.05, 3.63) is 78.4 Å². The number of halogens is 3. The highest BCUT2D eigenvalue weighted by Gasteiger charge is 2.44. The Bertz CT molecular complexity index is 1760. The number of aliphatic hydroxyl groups excluding tert-OH is 1. The number of ether oxygens (including phenoxy) is 2. The molecule has 0 radical (unpaired) electrons. The zero-order chi connectivity index (χ0) is 34.6. The lowest BCUT2D eigenvalue weighted by molar-refractivity contribution is -0.125. The zero-order valence-corrected chi connectivity index (χ0v) is 28.1. The highest BCUT2D eigenvalue weighted by molar-refractivity contribution is 7.90. The highest BCUT2D eigenvalue weighted by Crippen LogP contribution is 2.37. The summed E-state index contributed by atoms with van der Waals surface area (Å²) in [7, 11) is -7.16. The van der Waals surface area contributed by atoms with E-state index in [0.717, 1.165) is 11.8 Å². The lowest BCUT2D eigenvalue weighted by Crippen LogP contribution is -2.47. The number of hydrogen-bond donors (Lipinski definition) is 3. The first-order chi connectivity index (χ1) is 22.6. The molecule has 2 aliphatic rings. The molecule has 0 bridgehead atoms. The van der Waals surface area contributed by atoms with E-state index in [1.807, 2.05) is 0 Å². The van der Waals surface area contributed by atoms with Gasteiger partial charge in [-0.2, -0.15) is 17.5 Å². The minimum atomic E-state index is -4.28. The van der Waals surface area contributed by atoms with Crippen LogP contribution in [0, 0.1) is 0 Å². The molecule has 262 valence electrons. The molecular formula is C33H40F3N3O7S2. The van der Waals surface area contributed by atoms with Crippen LogP contribution in [0.4, 0.5) is 13.2 Å². The maximum atomic E-state index is 13.6. The van der Waals surface area contributed by atoms with Gasteiger partial charge in [0.25, 0.3) is 0 Å². The van der Waals surface area contributed by atoms with Crippen LogP contribution in [0.2, 0.25) is 0 Å². The van der Waals surface area contributed by atoms with Crippen molar-refractivity contribution in [2.75, 3.05) is 45.6 Å². The molecule has 0 aliphatic carbocycles. The minimum Gasteiger partial charge on any atom is -0.491 e. The van der Waals surface area contributed by atoms with Gasteiger partial charge < -0.3 is 25.2 Å². The molecule has 5 rings (SSSR count). The lowest BCUT2D eigenvalue weighted by atomic mass is 9.88. The Morgan fingerprint density at radius 2 is 1.67 bits per heavy atom. The molecule has 15 heteroatoms. The largest absolute Gasteiger partial charge is 0.491 e. The Labute approximate surface area is 279 Å². The molecule has 10 nitrogen and oxygen atoms in total. The topological polar surface area (TPSA) is 134 Å². The Kier molecular flexibility index (Phi) is 11.2. The van der Waals surface area contributed by atoms with Crippen LogP contribution in [0.1, 0.15) is 24.8 Å². The molecule has 3 aromatic carbocycles. The van der Waals surface area contributed by atoms with E-state index in [2.05, 4.69) is 10.6 Å². The zero-order valence-electron chi connectivity index (χ0n) is 26.4. The van der Waals surface area contributed by atoms with Crippen LogP contribution in [0.15, 0.2) is 82.6 Å². The number of rotatable bonds is 13. The monoisotopic (exact) mass is 711 g/mol. The summed E-state index contributed by atoms with van der Waals surface area (Å²) < 4.78 is 101. The van der Waals surface area contributed by atoms with Gasteiger partial charge in [0, 0.05) is 38.5 Å². The summed E-state index contributed by atoms with van der Waals surface area (Å²) in [5.41, 5.74) is 1.65. The van der Waals surface area contributed by atoms with Gasteiger partial charge in [-0.3, -0.25) is 0 Å². The van der Waals surface area contributed by atoms with Crippen molar-refractivity contribution in [3.8, 4) is 16.9 Å². The van der Waals surface area contributed by atoms with Crippen molar-refractivity contribution >= 4 is 19.9 Å². The molecule has 2 fully saturated rings. The number of nitrogens with one attached hydrogen (secondary N) is 2. The summed E-state index contributed by atoms with van der Waals surface area (Å²) in [6.07, 6.45) is -2.30. The Balaban J connectivity index is 1.09. The summed E-state index contributed by atoms with van der Waals surface area (Å²) in [5, 5.41) is 16.1. The summed E-state index contributed by atoms with van der Waals surface area (Å²) in [6, 6.07) is 19.7. The van der Waals surface area contributed by atoms with Crippen molar-refractivity contribution in [3.63, 3.8) is 0 Å². The molecular weight excluding hydrogens is 672 g/mol. The van der Waals surface area contributed by atoms with E-state index in [1.54, 1.807) is 60.7 Å². The van der Waals surface area contributed by atoms with Crippen LogP contribution in [-0.4, -0.2) is 95.8 Å². The van der Waals surface area contributed by atoms with Gasteiger partial charge >= 0.3 is 6.18 Å². The first kappa shape index (κ1) is 36.2. The van der Waals surface area contributed by atoms with Crippen LogP contribution in [0.3, 0.4) is 0 Å². The van der Waals surface area contributed by atoms with Crippen molar-refractivity contribution in [1.82, 2.24) is 14.9 Å². The SMILES string of the molecule is CS(=O)(=O)c1cccc(OCC(O)CNC2COC3(CCN(S(=O)(=O)c4cccc(-c5ccc(CNCC(F)(F)F)cc5)c4)CC3)C2)c1. The van der Waals surface area contributed by atoms with Crippen LogP contribution in [0.5, 0.6) is 5.75 Å². The van der Waals surface area contributed by atoms with Crippen LogP contribution < -0.4 is 15.4 Å². The molecule has 0 amide bonds. The summed E-state index contributed by atoms with van der Waals surface area (Å²) >= 11 is 0. The first-order valence-corrected chi connectivity index (χ1v) is 18.9. The van der Waals surface area contributed by atoms with Gasteiger partial charge in [0.2, 0.25) is 10.0 Å². The van der Waals surface area contributed by atoms with Crippen LogP contribution >= 0.6 is 0 Å². The minimum absolute atomic E-state index is 0.0267. The van der Waals surface area contributed by atoms with Crippen LogP contribution in [0.25, 0.3) is 11.1 Å². The molecule has 2 atom stereocenters. The van der Waals surface area contributed by atoms with Gasteiger partial charge in [0.05, 0.1) is 28.5 Å². The second-order valence-electron chi connectivity index (χ2n) is 12.4. The maximum Gasteiger partial charge on any atom is 0.401 e. The van der Waals surface area contributed by atoms with E-state index in [1.165, 1.54) is 16.4 Å². The van der Waals surface area contributed by atoms with Gasteiger partial charge in [-0.05, 0) is 66.3 Å². The molecule has 1 spiro atoms. The third kappa shape index (κ3) is 9.55. The van der Waals surface area contributed by atoms with E-state index in [4.69, 9.17) is 9.47 Å². The second kappa shape index (κ2) is 14.8. The fourth-order valence-electron chi connectivity index (χ4n) is 5.96. The summed E-state index contributed by atoms with van der Waals surface area (Å²) in [6.45, 7) is 0.212. The van der Waals surface area contributed by atoms with Gasteiger partial charge in [-0.1, -0.05) is 42.5 Å². The molecule has 0 aromatic heterocycles. The van der Waals surface area contributed by atoms with Gasteiger partial charge in [-0.25, -0.2) is 16.8 Å². The Morgan fingerprint density at radius 1 is 0.979 bits per heavy atom. The predicted molar refractivity (Wildman–Crippen MR) is 174 cm³/mol. The average Bonchev–Trinajstić information content (AvgIpc) is 3.44. The summed E-state index contributed by atoms with van der Waals surface area (Å²) in [5.74, 6) is 0.348. The number of sulfonamides is 1.